The molecule has 0 unspecified atom stereocenters. The minimum absolute atomic E-state index is 0.301. The number of hydrogen-bond donors (Lipinski definition) is 0. The molecule has 0 spiro atoms. The number of ether oxygens (including phenoxy) is 1. The maximum Gasteiger partial charge on any atom is 0.347 e. The van der Waals surface area contributed by atoms with E-state index in [0.717, 1.165) is 34.9 Å². The molecule has 0 N–H and O–H groups in total. The highest BCUT2D eigenvalue weighted by Crippen LogP contribution is 2.40. The summed E-state index contributed by atoms with van der Waals surface area (Å²) in [6, 6.07) is 7.09. The van der Waals surface area contributed by atoms with Crippen LogP contribution in [0.4, 0.5) is 0 Å². The van der Waals surface area contributed by atoms with Gasteiger partial charge in [-0.05, 0) is 48.9 Å². The molecule has 1 aliphatic rings. The normalized spacial score (nSPS) is 16.5. The number of hydrogen-bond acceptors (Lipinski definition) is 6. The van der Waals surface area contributed by atoms with Crippen molar-refractivity contribution in [3.05, 3.63) is 50.3 Å². The highest BCUT2D eigenvalue weighted by molar-refractivity contribution is 7.19. The second-order valence-electron chi connectivity index (χ2n) is 7.22. The van der Waals surface area contributed by atoms with Gasteiger partial charge in [0.1, 0.15) is 26.9 Å². The van der Waals surface area contributed by atoms with Gasteiger partial charge < -0.3 is 9.15 Å². The number of fused-ring (bicyclic) bond motifs is 4. The van der Waals surface area contributed by atoms with Crippen LogP contribution in [0.25, 0.3) is 32.6 Å². The van der Waals surface area contributed by atoms with Crippen molar-refractivity contribution in [1.29, 1.82) is 0 Å². The molecule has 0 amide bonds. The maximum absolute atomic E-state index is 12.6. The predicted molar refractivity (Wildman–Crippen MR) is 112 cm³/mol. The summed E-state index contributed by atoms with van der Waals surface area (Å²) in [5.41, 5.74) is 1.54. The Bertz CT molecular complexity index is 1290. The number of methoxy groups -OCH3 is 1. The smallest absolute Gasteiger partial charge is 0.347 e. The Labute approximate surface area is 169 Å². The largest absolute Gasteiger partial charge is 0.497 e. The molecule has 3 heterocycles. The van der Waals surface area contributed by atoms with Crippen LogP contribution in [-0.2, 0) is 12.8 Å². The van der Waals surface area contributed by atoms with E-state index in [9.17, 15) is 4.79 Å². The van der Waals surface area contributed by atoms with E-state index < -0.39 is 5.63 Å². The first-order valence-electron chi connectivity index (χ1n) is 9.13. The first-order valence-corrected chi connectivity index (χ1v) is 10.3. The predicted octanol–water partition coefficient (Wildman–Crippen LogP) is 5.25. The second-order valence-corrected chi connectivity index (χ2v) is 8.66. The van der Waals surface area contributed by atoms with Crippen molar-refractivity contribution < 1.29 is 9.15 Å². The monoisotopic (exact) mass is 412 g/mol. The molecule has 142 valence electrons. The van der Waals surface area contributed by atoms with Gasteiger partial charge in [0.25, 0.3) is 0 Å². The Morgan fingerprint density at radius 1 is 1.29 bits per heavy atom. The summed E-state index contributed by atoms with van der Waals surface area (Å²) in [5, 5.41) is 2.11. The first-order chi connectivity index (χ1) is 13.5. The van der Waals surface area contributed by atoms with Crippen molar-refractivity contribution in [3.8, 4) is 17.1 Å². The highest BCUT2D eigenvalue weighted by atomic mass is 35.5. The van der Waals surface area contributed by atoms with E-state index in [0.29, 0.717) is 33.8 Å². The van der Waals surface area contributed by atoms with E-state index in [2.05, 4.69) is 16.9 Å². The van der Waals surface area contributed by atoms with E-state index >= 15 is 0 Å². The number of nitrogens with zero attached hydrogens (tertiary/aromatic N) is 2. The summed E-state index contributed by atoms with van der Waals surface area (Å²) < 4.78 is 10.7. The number of aryl methyl sites for hydroxylation is 1. The zero-order chi connectivity index (χ0) is 19.4. The van der Waals surface area contributed by atoms with Gasteiger partial charge in [0.15, 0.2) is 5.82 Å². The third-order valence-corrected chi connectivity index (χ3v) is 6.72. The lowest BCUT2D eigenvalue weighted by Crippen LogP contribution is -2.08. The van der Waals surface area contributed by atoms with Gasteiger partial charge in [0.2, 0.25) is 0 Å². The van der Waals surface area contributed by atoms with Gasteiger partial charge in [-0.25, -0.2) is 14.8 Å². The fourth-order valence-corrected chi connectivity index (χ4v) is 5.52. The van der Waals surface area contributed by atoms with Crippen LogP contribution in [0, 0.1) is 5.92 Å². The van der Waals surface area contributed by atoms with Crippen LogP contribution >= 0.6 is 22.9 Å². The van der Waals surface area contributed by atoms with Gasteiger partial charge >= 0.3 is 5.63 Å². The quantitative estimate of drug-likeness (QED) is 0.332. The summed E-state index contributed by atoms with van der Waals surface area (Å²) in [5.74, 6) is 1.59. The number of aromatic nitrogens is 2. The molecule has 3 aromatic heterocycles. The van der Waals surface area contributed by atoms with Gasteiger partial charge in [-0.15, -0.1) is 11.3 Å². The molecule has 7 heteroatoms. The zero-order valence-electron chi connectivity index (χ0n) is 15.4. The van der Waals surface area contributed by atoms with E-state index in [1.165, 1.54) is 10.4 Å². The van der Waals surface area contributed by atoms with Gasteiger partial charge in [0, 0.05) is 16.3 Å². The number of halogens is 1. The lowest BCUT2D eigenvalue weighted by atomic mass is 9.89. The van der Waals surface area contributed by atoms with Crippen LogP contribution < -0.4 is 10.4 Å². The van der Waals surface area contributed by atoms with Gasteiger partial charge in [0.05, 0.1) is 12.5 Å². The van der Waals surface area contributed by atoms with Gasteiger partial charge in [-0.2, -0.15) is 0 Å². The minimum Gasteiger partial charge on any atom is -0.497 e. The van der Waals surface area contributed by atoms with Crippen LogP contribution in [0.15, 0.2) is 33.5 Å². The fourth-order valence-electron chi connectivity index (χ4n) is 3.79. The SMILES string of the molecule is COc1ccc2cc(-c3nc(Cl)c4c5c(sc4n3)C[C@H](C)CC5)c(=O)oc2c1. The highest BCUT2D eigenvalue weighted by Gasteiger charge is 2.24. The van der Waals surface area contributed by atoms with Crippen LogP contribution in [-0.4, -0.2) is 17.1 Å². The molecule has 0 aliphatic heterocycles. The lowest BCUT2D eigenvalue weighted by Gasteiger charge is -2.17. The summed E-state index contributed by atoms with van der Waals surface area (Å²) in [6.45, 7) is 2.27. The molecule has 0 saturated carbocycles. The van der Waals surface area contributed by atoms with Gasteiger partial charge in [-0.3, -0.25) is 0 Å². The average molecular weight is 413 g/mol. The van der Waals surface area contributed by atoms with E-state index in [1.54, 1.807) is 30.6 Å². The van der Waals surface area contributed by atoms with Crippen LogP contribution in [0.5, 0.6) is 5.75 Å². The van der Waals surface area contributed by atoms with Crippen molar-refractivity contribution in [2.45, 2.75) is 26.2 Å². The average Bonchev–Trinajstić information content (AvgIpc) is 3.04. The summed E-state index contributed by atoms with van der Waals surface area (Å²) in [6.07, 6.45) is 3.19. The number of benzene rings is 1. The summed E-state index contributed by atoms with van der Waals surface area (Å²) in [7, 11) is 1.57. The molecule has 1 aliphatic carbocycles. The molecular weight excluding hydrogens is 396 g/mol. The second kappa shape index (κ2) is 6.57. The molecular formula is C21H17ClN2O3S. The van der Waals surface area contributed by atoms with Crippen molar-refractivity contribution in [2.75, 3.05) is 7.11 Å². The molecule has 0 fully saturated rings. The van der Waals surface area contributed by atoms with Crippen LogP contribution in [0.1, 0.15) is 23.8 Å². The molecule has 0 saturated heterocycles. The Morgan fingerprint density at radius 2 is 2.14 bits per heavy atom. The Morgan fingerprint density at radius 3 is 2.96 bits per heavy atom. The summed E-state index contributed by atoms with van der Waals surface area (Å²) >= 11 is 8.20. The third-order valence-electron chi connectivity index (χ3n) is 5.29. The van der Waals surface area contributed by atoms with Crippen LogP contribution in [0.3, 0.4) is 0 Å². The molecule has 4 aromatic rings. The molecule has 1 atom stereocenters. The van der Waals surface area contributed by atoms with E-state index in [1.807, 2.05) is 12.1 Å². The van der Waals surface area contributed by atoms with Crippen molar-refractivity contribution in [3.63, 3.8) is 0 Å². The molecule has 0 radical (unpaired) electrons. The molecule has 5 rings (SSSR count). The molecule has 1 aromatic carbocycles. The Kier molecular flexibility index (Phi) is 4.14. The molecule has 5 nitrogen and oxygen atoms in total. The minimum atomic E-state index is -0.494. The zero-order valence-corrected chi connectivity index (χ0v) is 17.0. The van der Waals surface area contributed by atoms with Crippen molar-refractivity contribution in [1.82, 2.24) is 9.97 Å². The topological polar surface area (TPSA) is 65.2 Å². The number of thiophene rings is 1. The maximum atomic E-state index is 12.6. The van der Waals surface area contributed by atoms with Crippen molar-refractivity contribution in [2.24, 2.45) is 5.92 Å². The third kappa shape index (κ3) is 2.79. The Hall–Kier alpha value is -2.44. The molecule has 0 bridgehead atoms. The summed E-state index contributed by atoms with van der Waals surface area (Å²) in [4.78, 5) is 23.9. The van der Waals surface area contributed by atoms with E-state index in [-0.39, 0.29) is 0 Å². The standard InChI is InChI=1S/C21H17ClN2O3S/c1-10-3-6-13-16(7-10)28-20-17(13)18(22)23-19(24-20)14-8-11-4-5-12(26-2)9-15(11)27-21(14)25/h4-5,8-10H,3,6-7H2,1-2H3/t10-/m1/s1. The Balaban J connectivity index is 1.69. The fraction of sp³-hybridized carbons (Fsp3) is 0.286. The van der Waals surface area contributed by atoms with Gasteiger partial charge in [-0.1, -0.05) is 18.5 Å². The van der Waals surface area contributed by atoms with Crippen LogP contribution in [0.2, 0.25) is 5.15 Å². The van der Waals surface area contributed by atoms with Crippen molar-refractivity contribution >= 4 is 44.1 Å². The number of rotatable bonds is 2. The molecule has 28 heavy (non-hydrogen) atoms. The van der Waals surface area contributed by atoms with E-state index in [4.69, 9.17) is 20.8 Å². The lowest BCUT2D eigenvalue weighted by molar-refractivity contribution is 0.414. The first kappa shape index (κ1) is 17.6.